The van der Waals surface area contributed by atoms with Crippen LogP contribution in [0.4, 0.5) is 0 Å². The maximum Gasteiger partial charge on any atom is 0.123 e. The largest absolute Gasteiger partial charge is 0.496 e. The van der Waals surface area contributed by atoms with Crippen LogP contribution in [-0.4, -0.2) is 7.11 Å². The van der Waals surface area contributed by atoms with Crippen LogP contribution in [0.15, 0.2) is 42.5 Å². The van der Waals surface area contributed by atoms with Gasteiger partial charge in [-0.05, 0) is 30.5 Å². The Morgan fingerprint density at radius 1 is 1.11 bits per heavy atom. The molecule has 0 saturated carbocycles. The highest BCUT2D eigenvalue weighted by Gasteiger charge is 2.17. The first-order chi connectivity index (χ1) is 9.17. The third-order valence-corrected chi connectivity index (χ3v) is 4.35. The Morgan fingerprint density at radius 3 is 2.53 bits per heavy atom. The summed E-state index contributed by atoms with van der Waals surface area (Å²) < 4.78 is 5.49. The van der Waals surface area contributed by atoms with Crippen LogP contribution in [-0.2, 0) is 6.42 Å². The molecular formula is C17H19BrO. The van der Waals surface area contributed by atoms with Crippen molar-refractivity contribution in [3.05, 3.63) is 64.7 Å². The van der Waals surface area contributed by atoms with Gasteiger partial charge in [0.15, 0.2) is 0 Å². The molecule has 19 heavy (non-hydrogen) atoms. The molecule has 2 heteroatoms. The average molecular weight is 319 g/mol. The molecule has 1 unspecified atom stereocenters. The van der Waals surface area contributed by atoms with E-state index in [9.17, 15) is 0 Å². The SMILES string of the molecule is CCc1ccccc1C(Br)c1cc(C)ccc1OC. The molecule has 0 saturated heterocycles. The normalized spacial score (nSPS) is 12.2. The van der Waals surface area contributed by atoms with E-state index in [2.05, 4.69) is 66.2 Å². The van der Waals surface area contributed by atoms with E-state index in [4.69, 9.17) is 4.74 Å². The van der Waals surface area contributed by atoms with Gasteiger partial charge in [-0.3, -0.25) is 0 Å². The van der Waals surface area contributed by atoms with Crippen LogP contribution >= 0.6 is 15.9 Å². The molecule has 2 aromatic carbocycles. The van der Waals surface area contributed by atoms with E-state index in [0.29, 0.717) is 0 Å². The molecule has 0 aliphatic heterocycles. The maximum absolute atomic E-state index is 5.49. The van der Waals surface area contributed by atoms with Crippen LogP contribution in [0.25, 0.3) is 0 Å². The third-order valence-electron chi connectivity index (χ3n) is 3.37. The first-order valence-corrected chi connectivity index (χ1v) is 7.45. The van der Waals surface area contributed by atoms with E-state index >= 15 is 0 Å². The van der Waals surface area contributed by atoms with E-state index in [1.165, 1.54) is 22.3 Å². The summed E-state index contributed by atoms with van der Waals surface area (Å²) in [6, 6.07) is 14.8. The Balaban J connectivity index is 2.49. The minimum atomic E-state index is 0.165. The summed E-state index contributed by atoms with van der Waals surface area (Å²) in [6.45, 7) is 4.29. The van der Waals surface area contributed by atoms with Gasteiger partial charge in [-0.25, -0.2) is 0 Å². The molecule has 2 rings (SSSR count). The predicted octanol–water partition coefficient (Wildman–Crippen LogP) is 5.05. The van der Waals surface area contributed by atoms with Gasteiger partial charge >= 0.3 is 0 Å². The summed E-state index contributed by atoms with van der Waals surface area (Å²) in [5, 5.41) is 0. The molecule has 0 bridgehead atoms. The summed E-state index contributed by atoms with van der Waals surface area (Å²) in [4.78, 5) is 0.165. The predicted molar refractivity (Wildman–Crippen MR) is 84.3 cm³/mol. The molecular weight excluding hydrogens is 300 g/mol. The molecule has 0 aromatic heterocycles. The van der Waals surface area contributed by atoms with E-state index in [0.717, 1.165) is 12.2 Å². The Kier molecular flexibility index (Phi) is 4.65. The van der Waals surface area contributed by atoms with Crippen molar-refractivity contribution >= 4 is 15.9 Å². The van der Waals surface area contributed by atoms with Crippen molar-refractivity contribution in [2.75, 3.05) is 7.11 Å². The van der Waals surface area contributed by atoms with Gasteiger partial charge in [-0.15, -0.1) is 0 Å². The lowest BCUT2D eigenvalue weighted by molar-refractivity contribution is 0.410. The van der Waals surface area contributed by atoms with E-state index in [1.54, 1.807) is 7.11 Å². The summed E-state index contributed by atoms with van der Waals surface area (Å²) in [5.74, 6) is 0.929. The fraction of sp³-hybridized carbons (Fsp3) is 0.294. The lowest BCUT2D eigenvalue weighted by Crippen LogP contribution is -2.01. The molecule has 0 N–H and O–H groups in total. The number of methoxy groups -OCH3 is 1. The minimum Gasteiger partial charge on any atom is -0.496 e. The van der Waals surface area contributed by atoms with Crippen molar-refractivity contribution in [1.82, 2.24) is 0 Å². The average Bonchev–Trinajstić information content (AvgIpc) is 2.46. The van der Waals surface area contributed by atoms with Gasteiger partial charge < -0.3 is 4.74 Å². The fourth-order valence-electron chi connectivity index (χ4n) is 2.32. The van der Waals surface area contributed by atoms with Crippen LogP contribution in [0.2, 0.25) is 0 Å². The number of rotatable bonds is 4. The highest BCUT2D eigenvalue weighted by Crippen LogP contribution is 2.38. The summed E-state index contributed by atoms with van der Waals surface area (Å²) >= 11 is 3.83. The Labute approximate surface area is 123 Å². The Morgan fingerprint density at radius 2 is 1.84 bits per heavy atom. The summed E-state index contributed by atoms with van der Waals surface area (Å²) in [5.41, 5.74) is 5.11. The van der Waals surface area contributed by atoms with Crippen molar-refractivity contribution in [1.29, 1.82) is 0 Å². The molecule has 0 aliphatic rings. The zero-order chi connectivity index (χ0) is 13.8. The van der Waals surface area contributed by atoms with Crippen molar-refractivity contribution in [2.45, 2.75) is 25.1 Å². The third kappa shape index (κ3) is 3.01. The smallest absolute Gasteiger partial charge is 0.123 e. The molecule has 0 aliphatic carbocycles. The summed E-state index contributed by atoms with van der Waals surface area (Å²) in [6.07, 6.45) is 1.03. The second kappa shape index (κ2) is 6.25. The van der Waals surface area contributed by atoms with E-state index in [1.807, 2.05) is 6.07 Å². The first-order valence-electron chi connectivity index (χ1n) is 6.53. The number of benzene rings is 2. The monoisotopic (exact) mass is 318 g/mol. The lowest BCUT2D eigenvalue weighted by atomic mass is 9.97. The van der Waals surface area contributed by atoms with Crippen LogP contribution in [0.1, 0.15) is 34.0 Å². The van der Waals surface area contributed by atoms with Gasteiger partial charge in [-0.2, -0.15) is 0 Å². The standard InChI is InChI=1S/C17H19BrO/c1-4-13-7-5-6-8-14(13)17(18)15-11-12(2)9-10-16(15)19-3/h5-11,17H,4H2,1-3H3. The molecule has 1 nitrogen and oxygen atoms in total. The first kappa shape index (κ1) is 14.1. The topological polar surface area (TPSA) is 9.23 Å². The number of alkyl halides is 1. The van der Waals surface area contributed by atoms with Crippen LogP contribution in [0.5, 0.6) is 5.75 Å². The van der Waals surface area contributed by atoms with E-state index in [-0.39, 0.29) is 4.83 Å². The summed E-state index contributed by atoms with van der Waals surface area (Å²) in [7, 11) is 1.72. The number of halogens is 1. The Hall–Kier alpha value is -1.28. The molecule has 0 heterocycles. The van der Waals surface area contributed by atoms with Gasteiger partial charge in [0.2, 0.25) is 0 Å². The molecule has 0 spiro atoms. The lowest BCUT2D eigenvalue weighted by Gasteiger charge is -2.18. The maximum atomic E-state index is 5.49. The van der Waals surface area contributed by atoms with Crippen LogP contribution in [0.3, 0.4) is 0 Å². The Bertz CT molecular complexity index is 563. The van der Waals surface area contributed by atoms with Crippen molar-refractivity contribution in [2.24, 2.45) is 0 Å². The highest BCUT2D eigenvalue weighted by atomic mass is 79.9. The quantitative estimate of drug-likeness (QED) is 0.717. The number of aryl methyl sites for hydroxylation is 2. The minimum absolute atomic E-state index is 0.165. The zero-order valence-electron chi connectivity index (χ0n) is 11.6. The molecule has 0 amide bonds. The second-order valence-electron chi connectivity index (χ2n) is 4.66. The van der Waals surface area contributed by atoms with Crippen molar-refractivity contribution in [3.8, 4) is 5.75 Å². The highest BCUT2D eigenvalue weighted by molar-refractivity contribution is 9.09. The number of hydrogen-bond donors (Lipinski definition) is 0. The zero-order valence-corrected chi connectivity index (χ0v) is 13.2. The van der Waals surface area contributed by atoms with Gasteiger partial charge in [0.25, 0.3) is 0 Å². The number of hydrogen-bond acceptors (Lipinski definition) is 1. The van der Waals surface area contributed by atoms with Gasteiger partial charge in [0.05, 0.1) is 11.9 Å². The van der Waals surface area contributed by atoms with Crippen LogP contribution in [0, 0.1) is 6.92 Å². The second-order valence-corrected chi connectivity index (χ2v) is 5.58. The molecule has 1 atom stereocenters. The van der Waals surface area contributed by atoms with Crippen LogP contribution < -0.4 is 4.74 Å². The fourth-order valence-corrected chi connectivity index (χ4v) is 3.13. The molecule has 0 radical (unpaired) electrons. The van der Waals surface area contributed by atoms with Crippen molar-refractivity contribution in [3.63, 3.8) is 0 Å². The van der Waals surface area contributed by atoms with Gasteiger partial charge in [-0.1, -0.05) is 64.8 Å². The van der Waals surface area contributed by atoms with Gasteiger partial charge in [0.1, 0.15) is 5.75 Å². The molecule has 2 aromatic rings. The van der Waals surface area contributed by atoms with Crippen molar-refractivity contribution < 1.29 is 4.74 Å². The van der Waals surface area contributed by atoms with Gasteiger partial charge in [0, 0.05) is 5.56 Å². The number of ether oxygens (including phenoxy) is 1. The molecule has 0 fully saturated rings. The van der Waals surface area contributed by atoms with E-state index < -0.39 is 0 Å². The molecule has 100 valence electrons.